The Labute approximate surface area is 101 Å². The van der Waals surface area contributed by atoms with Crippen LogP contribution in [0.4, 0.5) is 30.7 Å². The minimum atomic E-state index is -5.50. The smallest absolute Gasteiger partial charge is 0.347 e. The molecule has 2 N–H and O–H groups in total. The largest absolute Gasteiger partial charge is 0.431 e. The maximum atomic E-state index is 13.4. The molecule has 0 aliphatic carbocycles. The molecule has 0 bridgehead atoms. The molecule has 1 rings (SSSR count). The molecule has 0 aromatic carbocycles. The summed E-state index contributed by atoms with van der Waals surface area (Å²) >= 11 is 0. The summed E-state index contributed by atoms with van der Waals surface area (Å²) in [4.78, 5) is 4.41. The highest BCUT2D eigenvalue weighted by molar-refractivity contribution is 5.91. The molecule has 0 amide bonds. The van der Waals surface area contributed by atoms with E-state index in [1.807, 2.05) is 0 Å². The van der Waals surface area contributed by atoms with Gasteiger partial charge in [0, 0.05) is 0 Å². The molecule has 19 heavy (non-hydrogen) atoms. The van der Waals surface area contributed by atoms with E-state index >= 15 is 0 Å². The van der Waals surface area contributed by atoms with E-state index in [4.69, 9.17) is 5.41 Å². The number of aliphatic imine (C=N–C) groups is 1. The summed E-state index contributed by atoms with van der Waals surface area (Å²) in [7, 11) is 0. The molecular formula is C9H6F7N3. The van der Waals surface area contributed by atoms with Gasteiger partial charge in [0.1, 0.15) is 17.1 Å². The Hall–Kier alpha value is -1.87. The van der Waals surface area contributed by atoms with E-state index in [9.17, 15) is 30.7 Å². The van der Waals surface area contributed by atoms with E-state index in [0.29, 0.717) is 6.21 Å². The van der Waals surface area contributed by atoms with Crippen molar-refractivity contribution >= 4 is 12.1 Å². The Morgan fingerprint density at radius 1 is 1.16 bits per heavy atom. The summed E-state index contributed by atoms with van der Waals surface area (Å²) in [6, 6.07) is 0. The van der Waals surface area contributed by atoms with Gasteiger partial charge in [-0.15, -0.1) is 0 Å². The van der Waals surface area contributed by atoms with Crippen molar-refractivity contribution in [1.29, 1.82) is 5.41 Å². The van der Waals surface area contributed by atoms with Gasteiger partial charge in [0.25, 0.3) is 0 Å². The predicted octanol–water partition coefficient (Wildman–Crippen LogP) is 3.61. The van der Waals surface area contributed by atoms with Crippen LogP contribution in [0, 0.1) is 11.2 Å². The molecule has 0 fully saturated rings. The molecule has 0 aliphatic rings. The second kappa shape index (κ2) is 4.67. The Morgan fingerprint density at radius 2 is 1.68 bits per heavy atom. The Morgan fingerprint density at radius 3 is 2.00 bits per heavy atom. The second-order valence-electron chi connectivity index (χ2n) is 3.44. The molecule has 1 aromatic heterocycles. The van der Waals surface area contributed by atoms with Gasteiger partial charge >= 0.3 is 12.4 Å². The molecule has 106 valence electrons. The monoisotopic (exact) mass is 289 g/mol. The maximum absolute atomic E-state index is 13.4. The van der Waals surface area contributed by atoms with Crippen molar-refractivity contribution in [2.24, 2.45) is 4.99 Å². The fourth-order valence-corrected chi connectivity index (χ4v) is 1.23. The van der Waals surface area contributed by atoms with Crippen LogP contribution in [0.2, 0.25) is 0 Å². The van der Waals surface area contributed by atoms with Crippen LogP contribution >= 0.6 is 0 Å². The highest BCUT2D eigenvalue weighted by Crippen LogP contribution is 2.41. The van der Waals surface area contributed by atoms with Crippen LogP contribution in [-0.2, 0) is 12.4 Å². The zero-order valence-corrected chi connectivity index (χ0v) is 9.17. The van der Waals surface area contributed by atoms with Gasteiger partial charge in [-0.3, -0.25) is 5.41 Å². The van der Waals surface area contributed by atoms with Gasteiger partial charge in [-0.25, -0.2) is 9.38 Å². The van der Waals surface area contributed by atoms with Crippen molar-refractivity contribution in [3.63, 3.8) is 0 Å². The molecule has 0 saturated heterocycles. The molecule has 3 nitrogen and oxygen atoms in total. The van der Waals surface area contributed by atoms with Crippen LogP contribution < -0.4 is 0 Å². The first kappa shape index (κ1) is 15.2. The lowest BCUT2D eigenvalue weighted by Gasteiger charge is -2.10. The fourth-order valence-electron chi connectivity index (χ4n) is 1.23. The number of alkyl halides is 6. The van der Waals surface area contributed by atoms with Gasteiger partial charge in [-0.2, -0.15) is 26.3 Å². The third kappa shape index (κ3) is 3.32. The van der Waals surface area contributed by atoms with Crippen LogP contribution in [0.1, 0.15) is 23.9 Å². The summed E-state index contributed by atoms with van der Waals surface area (Å²) in [5, 5.41) is 6.84. The number of rotatable bonds is 1. The zero-order chi connectivity index (χ0) is 15.0. The van der Waals surface area contributed by atoms with E-state index in [-0.39, 0.29) is 0 Å². The Kier molecular flexibility index (Phi) is 3.73. The number of aromatic amines is 1. The summed E-state index contributed by atoms with van der Waals surface area (Å²) in [5.74, 6) is -2.51. The van der Waals surface area contributed by atoms with E-state index in [1.165, 1.54) is 4.98 Å². The first-order valence-corrected chi connectivity index (χ1v) is 4.59. The molecule has 0 saturated carbocycles. The molecule has 0 unspecified atom stereocenters. The first-order chi connectivity index (χ1) is 8.44. The number of halogens is 7. The zero-order valence-electron chi connectivity index (χ0n) is 9.17. The molecule has 10 heteroatoms. The summed E-state index contributed by atoms with van der Waals surface area (Å²) < 4.78 is 87.7. The first-order valence-electron chi connectivity index (χ1n) is 4.59. The Bertz CT molecular complexity index is 521. The van der Waals surface area contributed by atoms with Crippen molar-refractivity contribution in [2.45, 2.75) is 19.3 Å². The van der Waals surface area contributed by atoms with Gasteiger partial charge < -0.3 is 4.98 Å². The third-order valence-corrected chi connectivity index (χ3v) is 1.92. The lowest BCUT2D eigenvalue weighted by Crippen LogP contribution is -2.16. The highest BCUT2D eigenvalue weighted by Gasteiger charge is 2.48. The molecule has 1 aromatic rings. The minimum Gasteiger partial charge on any atom is -0.347 e. The van der Waals surface area contributed by atoms with Crippen LogP contribution in [0.15, 0.2) is 4.99 Å². The summed E-state index contributed by atoms with van der Waals surface area (Å²) in [6.45, 7) is 1.12. The van der Waals surface area contributed by atoms with E-state index in [2.05, 4.69) is 4.99 Å². The number of nitrogens with zero attached hydrogens (tertiary/aromatic N) is 1. The van der Waals surface area contributed by atoms with Crippen LogP contribution in [-0.4, -0.2) is 17.0 Å². The number of H-pyrrole nitrogens is 1. The standard InChI is InChI=1S/C9H6F7N3/c1-3(17)18-2-4-6(10)5(8(11,12)13)7(19-4)9(14,15)16/h2,17,19H,1H3. The molecule has 1 heterocycles. The van der Waals surface area contributed by atoms with Crippen molar-refractivity contribution in [3.8, 4) is 0 Å². The highest BCUT2D eigenvalue weighted by atomic mass is 19.4. The van der Waals surface area contributed by atoms with Crippen molar-refractivity contribution in [3.05, 3.63) is 22.8 Å². The lowest BCUT2D eigenvalue weighted by atomic mass is 10.2. The number of hydrogen-bond acceptors (Lipinski definition) is 1. The number of hydrogen-bond donors (Lipinski definition) is 2. The number of aromatic nitrogens is 1. The maximum Gasteiger partial charge on any atom is 0.431 e. The summed E-state index contributed by atoms with van der Waals surface area (Å²) in [5.41, 5.74) is -5.75. The number of amidine groups is 1. The van der Waals surface area contributed by atoms with Crippen LogP contribution in [0.25, 0.3) is 0 Å². The lowest BCUT2D eigenvalue weighted by molar-refractivity contribution is -0.165. The normalized spacial score (nSPS) is 13.3. The topological polar surface area (TPSA) is 52.0 Å². The van der Waals surface area contributed by atoms with E-state index in [0.717, 1.165) is 6.92 Å². The van der Waals surface area contributed by atoms with E-state index in [1.54, 1.807) is 0 Å². The SMILES string of the molecule is CC(=N)N=Cc1[nH]c(C(F)(F)F)c(C(F)(F)F)c1F. The summed E-state index contributed by atoms with van der Waals surface area (Å²) in [6.07, 6.45) is -10.5. The third-order valence-electron chi connectivity index (χ3n) is 1.92. The van der Waals surface area contributed by atoms with Crippen molar-refractivity contribution in [2.75, 3.05) is 0 Å². The molecule has 0 atom stereocenters. The molecule has 0 aliphatic heterocycles. The number of nitrogens with one attached hydrogen (secondary N) is 2. The molecular weight excluding hydrogens is 283 g/mol. The van der Waals surface area contributed by atoms with E-state index < -0.39 is 41.0 Å². The fraction of sp³-hybridized carbons (Fsp3) is 0.333. The average Bonchev–Trinajstić information content (AvgIpc) is 2.51. The second-order valence-corrected chi connectivity index (χ2v) is 3.44. The minimum absolute atomic E-state index is 0.391. The van der Waals surface area contributed by atoms with Gasteiger partial charge in [0.2, 0.25) is 0 Å². The molecule has 0 radical (unpaired) electrons. The van der Waals surface area contributed by atoms with Gasteiger partial charge in [-0.1, -0.05) is 0 Å². The van der Waals surface area contributed by atoms with Crippen molar-refractivity contribution in [1.82, 2.24) is 4.98 Å². The van der Waals surface area contributed by atoms with Crippen LogP contribution in [0.5, 0.6) is 0 Å². The predicted molar refractivity (Wildman–Crippen MR) is 51.7 cm³/mol. The van der Waals surface area contributed by atoms with Gasteiger partial charge in [0.05, 0.1) is 11.9 Å². The Balaban J connectivity index is 3.49. The van der Waals surface area contributed by atoms with Crippen molar-refractivity contribution < 1.29 is 30.7 Å². The molecule has 0 spiro atoms. The van der Waals surface area contributed by atoms with Crippen LogP contribution in [0.3, 0.4) is 0 Å². The quantitative estimate of drug-likeness (QED) is 0.451. The average molecular weight is 289 g/mol. The van der Waals surface area contributed by atoms with Gasteiger partial charge in [-0.05, 0) is 6.92 Å². The van der Waals surface area contributed by atoms with Gasteiger partial charge in [0.15, 0.2) is 5.82 Å².